The predicted octanol–water partition coefficient (Wildman–Crippen LogP) is 2.64. The first kappa shape index (κ1) is 9.54. The van der Waals surface area contributed by atoms with E-state index in [0.29, 0.717) is 0 Å². The van der Waals surface area contributed by atoms with Gasteiger partial charge in [-0.2, -0.15) is 5.26 Å². The number of hydrogen-bond acceptors (Lipinski definition) is 2. The summed E-state index contributed by atoms with van der Waals surface area (Å²) in [6, 6.07) is 2.12. The third kappa shape index (κ3) is 3.23. The minimum atomic E-state index is -0.0730. The highest BCUT2D eigenvalue weighted by Crippen LogP contribution is 2.26. The Labute approximate surface area is 74.5 Å². The lowest BCUT2D eigenvalue weighted by atomic mass is 10.1. The molecule has 0 aromatic rings. The van der Waals surface area contributed by atoms with Crippen LogP contribution in [0.1, 0.15) is 45.4 Å². The van der Waals surface area contributed by atoms with E-state index in [-0.39, 0.29) is 12.2 Å². The van der Waals surface area contributed by atoms with Gasteiger partial charge in [0.1, 0.15) is 0 Å². The smallest absolute Gasteiger partial charge is 0.170 e. The van der Waals surface area contributed by atoms with E-state index in [1.807, 2.05) is 0 Å². The summed E-state index contributed by atoms with van der Waals surface area (Å²) >= 11 is 0. The Morgan fingerprint density at radius 1 is 1.25 bits per heavy atom. The van der Waals surface area contributed by atoms with E-state index in [4.69, 9.17) is 10.00 Å². The van der Waals surface area contributed by atoms with Crippen molar-refractivity contribution in [2.75, 3.05) is 0 Å². The molecule has 1 aliphatic heterocycles. The first-order valence-electron chi connectivity index (χ1n) is 4.93. The summed E-state index contributed by atoms with van der Waals surface area (Å²) in [5.74, 6) is 0. The first-order chi connectivity index (χ1) is 5.88. The van der Waals surface area contributed by atoms with Crippen LogP contribution in [0.5, 0.6) is 0 Å². The molecule has 0 bridgehead atoms. The molecule has 0 radical (unpaired) electrons. The van der Waals surface area contributed by atoms with Crippen LogP contribution in [0.3, 0.4) is 0 Å². The largest absolute Gasteiger partial charge is 0.353 e. The SMILES string of the molecule is CCCCCCC[C@H]1O[C@@H]1C#N. The molecule has 2 atom stereocenters. The Bertz CT molecular complexity index is 162. The molecule has 1 rings (SSSR count). The number of nitrogens with zero attached hydrogens (tertiary/aromatic N) is 1. The van der Waals surface area contributed by atoms with Gasteiger partial charge in [0.05, 0.1) is 12.2 Å². The molecule has 0 spiro atoms. The first-order valence-corrected chi connectivity index (χ1v) is 4.93. The molecule has 0 saturated carbocycles. The third-order valence-electron chi connectivity index (χ3n) is 2.30. The summed E-state index contributed by atoms with van der Waals surface area (Å²) in [5.41, 5.74) is 0. The molecule has 0 aromatic heterocycles. The fraction of sp³-hybridized carbons (Fsp3) is 0.900. The zero-order chi connectivity index (χ0) is 8.81. The van der Waals surface area contributed by atoms with Crippen LogP contribution in [0, 0.1) is 11.3 Å². The van der Waals surface area contributed by atoms with Crippen molar-refractivity contribution < 1.29 is 4.74 Å². The van der Waals surface area contributed by atoms with E-state index < -0.39 is 0 Å². The molecule has 2 heteroatoms. The molecule has 0 amide bonds. The second kappa shape index (κ2) is 5.16. The van der Waals surface area contributed by atoms with E-state index in [9.17, 15) is 0 Å². The van der Waals surface area contributed by atoms with Crippen molar-refractivity contribution in [3.8, 4) is 6.07 Å². The van der Waals surface area contributed by atoms with E-state index in [1.54, 1.807) is 0 Å². The van der Waals surface area contributed by atoms with Crippen molar-refractivity contribution in [1.29, 1.82) is 5.26 Å². The second-order valence-electron chi connectivity index (χ2n) is 3.43. The molecule has 12 heavy (non-hydrogen) atoms. The van der Waals surface area contributed by atoms with Crippen LogP contribution in [0.25, 0.3) is 0 Å². The average Bonchev–Trinajstić information content (AvgIpc) is 2.83. The van der Waals surface area contributed by atoms with Crippen LogP contribution >= 0.6 is 0 Å². The highest BCUT2D eigenvalue weighted by Gasteiger charge is 2.37. The van der Waals surface area contributed by atoms with Crippen molar-refractivity contribution >= 4 is 0 Å². The van der Waals surface area contributed by atoms with Crippen LogP contribution in [0.15, 0.2) is 0 Å². The second-order valence-corrected chi connectivity index (χ2v) is 3.43. The zero-order valence-electron chi connectivity index (χ0n) is 7.75. The van der Waals surface area contributed by atoms with Gasteiger partial charge in [0.15, 0.2) is 6.10 Å². The third-order valence-corrected chi connectivity index (χ3v) is 2.30. The number of unbranched alkanes of at least 4 members (excludes halogenated alkanes) is 4. The summed E-state index contributed by atoms with van der Waals surface area (Å²) in [6.45, 7) is 2.22. The van der Waals surface area contributed by atoms with E-state index in [2.05, 4.69) is 13.0 Å². The van der Waals surface area contributed by atoms with Gasteiger partial charge in [-0.3, -0.25) is 0 Å². The number of nitriles is 1. The molecule has 0 unspecified atom stereocenters. The Hall–Kier alpha value is -0.550. The van der Waals surface area contributed by atoms with Gasteiger partial charge < -0.3 is 4.74 Å². The van der Waals surface area contributed by atoms with Crippen molar-refractivity contribution in [2.45, 2.75) is 57.7 Å². The molecule has 1 heterocycles. The van der Waals surface area contributed by atoms with Crippen LogP contribution in [-0.4, -0.2) is 12.2 Å². The molecule has 1 saturated heterocycles. The maximum Gasteiger partial charge on any atom is 0.170 e. The molecular weight excluding hydrogens is 150 g/mol. The highest BCUT2D eigenvalue weighted by atomic mass is 16.6. The quantitative estimate of drug-likeness (QED) is 0.450. The zero-order valence-corrected chi connectivity index (χ0v) is 7.75. The Balaban J connectivity index is 1.82. The topological polar surface area (TPSA) is 36.3 Å². The normalized spacial score (nSPS) is 26.7. The standard InChI is InChI=1S/C10H17NO/c1-2-3-4-5-6-7-9-10(8-11)12-9/h9-10H,2-7H2,1H3/t9-,10-/m1/s1. The summed E-state index contributed by atoms with van der Waals surface area (Å²) in [5, 5.41) is 8.44. The minimum Gasteiger partial charge on any atom is -0.353 e. The Morgan fingerprint density at radius 2 is 2.00 bits per heavy atom. The molecular formula is C10H17NO. The maximum absolute atomic E-state index is 8.44. The Kier molecular flexibility index (Phi) is 4.10. The fourth-order valence-electron chi connectivity index (χ4n) is 1.43. The van der Waals surface area contributed by atoms with Gasteiger partial charge >= 0.3 is 0 Å². The Morgan fingerprint density at radius 3 is 2.58 bits per heavy atom. The minimum absolute atomic E-state index is 0.0730. The van der Waals surface area contributed by atoms with Gasteiger partial charge in [0.25, 0.3) is 0 Å². The van der Waals surface area contributed by atoms with Crippen molar-refractivity contribution in [3.05, 3.63) is 0 Å². The molecule has 1 fully saturated rings. The molecule has 1 aliphatic rings. The van der Waals surface area contributed by atoms with E-state index in [0.717, 1.165) is 6.42 Å². The van der Waals surface area contributed by atoms with Gasteiger partial charge in [-0.15, -0.1) is 0 Å². The van der Waals surface area contributed by atoms with Crippen LogP contribution in [-0.2, 0) is 4.74 Å². The number of hydrogen-bond donors (Lipinski definition) is 0. The van der Waals surface area contributed by atoms with Crippen molar-refractivity contribution in [1.82, 2.24) is 0 Å². The van der Waals surface area contributed by atoms with Gasteiger partial charge in [-0.1, -0.05) is 39.0 Å². The predicted molar refractivity (Wildman–Crippen MR) is 47.7 cm³/mol. The average molecular weight is 167 g/mol. The monoisotopic (exact) mass is 167 g/mol. The fourth-order valence-corrected chi connectivity index (χ4v) is 1.43. The van der Waals surface area contributed by atoms with Crippen molar-refractivity contribution in [2.24, 2.45) is 0 Å². The van der Waals surface area contributed by atoms with Gasteiger partial charge in [0, 0.05) is 0 Å². The van der Waals surface area contributed by atoms with Crippen LogP contribution in [0.4, 0.5) is 0 Å². The molecule has 0 aliphatic carbocycles. The lowest BCUT2D eigenvalue weighted by molar-refractivity contribution is 0.374. The molecule has 2 nitrogen and oxygen atoms in total. The van der Waals surface area contributed by atoms with E-state index >= 15 is 0 Å². The van der Waals surface area contributed by atoms with E-state index in [1.165, 1.54) is 32.1 Å². The maximum atomic E-state index is 8.44. The van der Waals surface area contributed by atoms with Gasteiger partial charge in [-0.25, -0.2) is 0 Å². The highest BCUT2D eigenvalue weighted by molar-refractivity contribution is 5.01. The number of rotatable bonds is 6. The number of epoxide rings is 1. The molecule has 0 aromatic carbocycles. The summed E-state index contributed by atoms with van der Waals surface area (Å²) in [4.78, 5) is 0. The summed E-state index contributed by atoms with van der Waals surface area (Å²) in [7, 11) is 0. The lowest BCUT2D eigenvalue weighted by Gasteiger charge is -1.96. The molecule has 0 N–H and O–H groups in total. The van der Waals surface area contributed by atoms with Crippen LogP contribution < -0.4 is 0 Å². The summed E-state index contributed by atoms with van der Waals surface area (Å²) in [6.07, 6.45) is 7.78. The lowest BCUT2D eigenvalue weighted by Crippen LogP contribution is -1.90. The van der Waals surface area contributed by atoms with Crippen LogP contribution in [0.2, 0.25) is 0 Å². The summed E-state index contributed by atoms with van der Waals surface area (Å²) < 4.78 is 5.11. The van der Waals surface area contributed by atoms with Gasteiger partial charge in [-0.05, 0) is 6.42 Å². The van der Waals surface area contributed by atoms with Crippen molar-refractivity contribution in [3.63, 3.8) is 0 Å². The number of ether oxygens (including phenoxy) is 1. The van der Waals surface area contributed by atoms with Gasteiger partial charge in [0.2, 0.25) is 0 Å². The molecule has 68 valence electrons.